The minimum absolute atomic E-state index is 0.210. The molecule has 0 saturated heterocycles. The molecule has 0 atom stereocenters. The molecule has 1 N–H and O–H groups in total. The van der Waals surface area contributed by atoms with E-state index in [1.165, 1.54) is 24.2 Å². The van der Waals surface area contributed by atoms with Crippen molar-refractivity contribution in [3.05, 3.63) is 40.8 Å². The number of nitrogens with zero attached hydrogens (tertiary/aromatic N) is 4. The maximum absolute atomic E-state index is 12.5. The number of carbonyl (C=O) groups is 1. The van der Waals surface area contributed by atoms with Crippen LogP contribution in [0.4, 0.5) is 5.13 Å². The molecule has 106 valence electrons. The predicted octanol–water partition coefficient (Wildman–Crippen LogP) is 2.62. The fraction of sp³-hybridized carbons (Fsp3) is 0.286. The molecule has 1 aliphatic carbocycles. The number of anilines is 1. The highest BCUT2D eigenvalue weighted by Crippen LogP contribution is 2.40. The van der Waals surface area contributed by atoms with Gasteiger partial charge in [-0.1, -0.05) is 0 Å². The van der Waals surface area contributed by atoms with Crippen LogP contribution in [0.15, 0.2) is 23.8 Å². The summed E-state index contributed by atoms with van der Waals surface area (Å²) in [7, 11) is 0. The van der Waals surface area contributed by atoms with Gasteiger partial charge in [0.05, 0.1) is 11.4 Å². The fourth-order valence-corrected chi connectivity index (χ4v) is 3.12. The van der Waals surface area contributed by atoms with E-state index < -0.39 is 0 Å². The fourth-order valence-electron chi connectivity index (χ4n) is 2.33. The van der Waals surface area contributed by atoms with Crippen molar-refractivity contribution in [1.29, 1.82) is 0 Å². The number of hydrogen-bond donors (Lipinski definition) is 1. The van der Waals surface area contributed by atoms with Gasteiger partial charge in [-0.15, -0.1) is 11.3 Å². The number of carbonyl (C=O) groups excluding carboxylic acids is 1. The Bertz CT molecular complexity index is 833. The van der Waals surface area contributed by atoms with Crippen LogP contribution in [0.3, 0.4) is 0 Å². The molecule has 0 bridgehead atoms. The third-order valence-electron chi connectivity index (χ3n) is 3.54. The molecule has 3 aromatic heterocycles. The second-order valence-corrected chi connectivity index (χ2v) is 6.01. The van der Waals surface area contributed by atoms with Gasteiger partial charge in [-0.05, 0) is 25.8 Å². The van der Waals surface area contributed by atoms with Crippen LogP contribution in [-0.2, 0) is 0 Å². The summed E-state index contributed by atoms with van der Waals surface area (Å²) in [4.78, 5) is 21.2. The lowest BCUT2D eigenvalue weighted by molar-refractivity contribution is 0.102. The Kier molecular flexibility index (Phi) is 2.75. The van der Waals surface area contributed by atoms with Crippen LogP contribution < -0.4 is 5.32 Å². The summed E-state index contributed by atoms with van der Waals surface area (Å²) in [6.45, 7) is 1.81. The SMILES string of the molecule is Cc1nn2cccnc2c1C(=O)Nc1nc(C2CC2)cs1. The van der Waals surface area contributed by atoms with Gasteiger partial charge in [0.1, 0.15) is 5.56 Å². The van der Waals surface area contributed by atoms with Gasteiger partial charge in [0.15, 0.2) is 10.8 Å². The Labute approximate surface area is 124 Å². The molecule has 0 aliphatic heterocycles. The Balaban J connectivity index is 1.64. The van der Waals surface area contributed by atoms with Crippen molar-refractivity contribution in [2.45, 2.75) is 25.7 Å². The maximum Gasteiger partial charge on any atom is 0.263 e. The second kappa shape index (κ2) is 4.63. The third-order valence-corrected chi connectivity index (χ3v) is 4.31. The first kappa shape index (κ1) is 12.5. The van der Waals surface area contributed by atoms with Crippen molar-refractivity contribution >= 4 is 28.0 Å². The number of nitrogens with one attached hydrogen (secondary N) is 1. The highest BCUT2D eigenvalue weighted by Gasteiger charge is 2.26. The van der Waals surface area contributed by atoms with Gasteiger partial charge in [0.25, 0.3) is 5.91 Å². The molecule has 1 amide bonds. The lowest BCUT2D eigenvalue weighted by atomic mass is 10.2. The van der Waals surface area contributed by atoms with Crippen LogP contribution in [-0.4, -0.2) is 25.5 Å². The number of aromatic nitrogens is 4. The average molecular weight is 299 g/mol. The quantitative estimate of drug-likeness (QED) is 0.807. The number of fused-ring (bicyclic) bond motifs is 1. The van der Waals surface area contributed by atoms with E-state index in [0.29, 0.717) is 28.0 Å². The molecule has 1 fully saturated rings. The Hall–Kier alpha value is -2.28. The Morgan fingerprint density at radius 1 is 1.48 bits per heavy atom. The van der Waals surface area contributed by atoms with E-state index in [-0.39, 0.29) is 5.91 Å². The smallest absolute Gasteiger partial charge is 0.263 e. The molecular weight excluding hydrogens is 286 g/mol. The number of thiazole rings is 1. The average Bonchev–Trinajstić information content (AvgIpc) is 3.12. The van der Waals surface area contributed by atoms with Crippen LogP contribution in [0.2, 0.25) is 0 Å². The van der Waals surface area contributed by atoms with E-state index in [4.69, 9.17) is 0 Å². The first-order valence-corrected chi connectivity index (χ1v) is 7.67. The first-order chi connectivity index (χ1) is 10.2. The molecule has 0 spiro atoms. The van der Waals surface area contributed by atoms with Crippen molar-refractivity contribution in [3.63, 3.8) is 0 Å². The van der Waals surface area contributed by atoms with Crippen LogP contribution in [0.25, 0.3) is 5.65 Å². The van der Waals surface area contributed by atoms with E-state index in [0.717, 1.165) is 5.69 Å². The van der Waals surface area contributed by atoms with E-state index in [1.54, 1.807) is 29.9 Å². The number of amides is 1. The zero-order valence-electron chi connectivity index (χ0n) is 11.4. The number of aryl methyl sites for hydroxylation is 1. The monoisotopic (exact) mass is 299 g/mol. The molecule has 7 heteroatoms. The summed E-state index contributed by atoms with van der Waals surface area (Å²) in [6.07, 6.45) is 5.84. The van der Waals surface area contributed by atoms with E-state index in [9.17, 15) is 4.79 Å². The number of hydrogen-bond acceptors (Lipinski definition) is 5. The van der Waals surface area contributed by atoms with Crippen molar-refractivity contribution in [1.82, 2.24) is 19.6 Å². The summed E-state index contributed by atoms with van der Waals surface area (Å²) < 4.78 is 1.61. The maximum atomic E-state index is 12.5. The summed E-state index contributed by atoms with van der Waals surface area (Å²) in [5.41, 5.74) is 2.81. The van der Waals surface area contributed by atoms with Gasteiger partial charge in [-0.25, -0.2) is 14.5 Å². The second-order valence-electron chi connectivity index (χ2n) is 5.15. The molecule has 3 aromatic rings. The summed E-state index contributed by atoms with van der Waals surface area (Å²) in [6, 6.07) is 1.78. The normalized spacial score (nSPS) is 14.5. The summed E-state index contributed by atoms with van der Waals surface area (Å²) in [5.74, 6) is 0.380. The van der Waals surface area contributed by atoms with Crippen molar-refractivity contribution in [2.24, 2.45) is 0 Å². The molecule has 1 aliphatic rings. The highest BCUT2D eigenvalue weighted by atomic mass is 32.1. The van der Waals surface area contributed by atoms with Crippen molar-refractivity contribution in [3.8, 4) is 0 Å². The standard InChI is InChI=1S/C14H13N5OS/c1-8-11(12-15-5-2-6-19(12)18-8)13(20)17-14-16-10(7-21-14)9-3-4-9/h2,5-7,9H,3-4H2,1H3,(H,16,17,20). The van der Waals surface area contributed by atoms with E-state index in [1.807, 2.05) is 5.38 Å². The Morgan fingerprint density at radius 3 is 3.14 bits per heavy atom. The van der Waals surface area contributed by atoms with Gasteiger partial charge in [0, 0.05) is 23.7 Å². The van der Waals surface area contributed by atoms with Crippen LogP contribution in [0, 0.1) is 6.92 Å². The summed E-state index contributed by atoms with van der Waals surface area (Å²) >= 11 is 1.46. The molecule has 6 nitrogen and oxygen atoms in total. The lowest BCUT2D eigenvalue weighted by Crippen LogP contribution is -2.13. The minimum atomic E-state index is -0.210. The summed E-state index contributed by atoms with van der Waals surface area (Å²) in [5, 5.41) is 9.81. The van der Waals surface area contributed by atoms with Gasteiger partial charge in [0.2, 0.25) is 0 Å². The predicted molar refractivity (Wildman–Crippen MR) is 79.8 cm³/mol. The van der Waals surface area contributed by atoms with Crippen molar-refractivity contribution in [2.75, 3.05) is 5.32 Å². The van der Waals surface area contributed by atoms with Gasteiger partial charge < -0.3 is 0 Å². The van der Waals surface area contributed by atoms with Crippen LogP contribution in [0.5, 0.6) is 0 Å². The van der Waals surface area contributed by atoms with Crippen LogP contribution >= 0.6 is 11.3 Å². The Morgan fingerprint density at radius 2 is 2.33 bits per heavy atom. The minimum Gasteiger partial charge on any atom is -0.298 e. The largest absolute Gasteiger partial charge is 0.298 e. The molecule has 4 rings (SSSR count). The van der Waals surface area contributed by atoms with Gasteiger partial charge in [-0.3, -0.25) is 10.1 Å². The highest BCUT2D eigenvalue weighted by molar-refractivity contribution is 7.14. The lowest BCUT2D eigenvalue weighted by Gasteiger charge is -2.00. The first-order valence-electron chi connectivity index (χ1n) is 6.79. The van der Waals surface area contributed by atoms with Gasteiger partial charge in [-0.2, -0.15) is 5.10 Å². The molecule has 3 heterocycles. The molecule has 21 heavy (non-hydrogen) atoms. The van der Waals surface area contributed by atoms with Gasteiger partial charge >= 0.3 is 0 Å². The molecule has 1 saturated carbocycles. The third kappa shape index (κ3) is 2.19. The molecule has 0 radical (unpaired) electrons. The van der Waals surface area contributed by atoms with E-state index >= 15 is 0 Å². The topological polar surface area (TPSA) is 72.2 Å². The molecular formula is C14H13N5OS. The number of rotatable bonds is 3. The molecule has 0 aromatic carbocycles. The van der Waals surface area contributed by atoms with Crippen molar-refractivity contribution < 1.29 is 4.79 Å². The molecule has 0 unspecified atom stereocenters. The zero-order valence-corrected chi connectivity index (χ0v) is 12.2. The van der Waals surface area contributed by atoms with E-state index in [2.05, 4.69) is 20.4 Å². The zero-order chi connectivity index (χ0) is 14.4. The van der Waals surface area contributed by atoms with Crippen LogP contribution in [0.1, 0.15) is 40.5 Å².